The standard InChI is InChI=1S/C14H11NOS/c1-16-10-5-6-11-12(9-17-14(11)8-10)13-4-2-3-7-15-13/h2-9H,1H3. The van der Waals surface area contributed by atoms with Crippen LogP contribution in [0.1, 0.15) is 0 Å². The Morgan fingerprint density at radius 3 is 2.88 bits per heavy atom. The fourth-order valence-electron chi connectivity index (χ4n) is 1.86. The summed E-state index contributed by atoms with van der Waals surface area (Å²) in [6.45, 7) is 0. The molecule has 0 N–H and O–H groups in total. The Morgan fingerprint density at radius 2 is 2.12 bits per heavy atom. The molecular weight excluding hydrogens is 230 g/mol. The van der Waals surface area contributed by atoms with Gasteiger partial charge in [-0.05, 0) is 30.3 Å². The maximum atomic E-state index is 5.23. The van der Waals surface area contributed by atoms with E-state index in [2.05, 4.69) is 22.5 Å². The van der Waals surface area contributed by atoms with E-state index >= 15 is 0 Å². The van der Waals surface area contributed by atoms with Gasteiger partial charge in [-0.15, -0.1) is 11.3 Å². The van der Waals surface area contributed by atoms with E-state index < -0.39 is 0 Å². The number of pyridine rings is 1. The van der Waals surface area contributed by atoms with Crippen molar-refractivity contribution in [3.8, 4) is 17.0 Å². The molecule has 0 saturated carbocycles. The predicted octanol–water partition coefficient (Wildman–Crippen LogP) is 3.97. The monoisotopic (exact) mass is 241 g/mol. The first-order valence-corrected chi connectivity index (χ1v) is 6.23. The smallest absolute Gasteiger partial charge is 0.120 e. The van der Waals surface area contributed by atoms with Crippen LogP contribution in [0, 0.1) is 0 Å². The number of rotatable bonds is 2. The van der Waals surface area contributed by atoms with Crippen molar-refractivity contribution in [2.45, 2.75) is 0 Å². The van der Waals surface area contributed by atoms with Crippen molar-refractivity contribution in [1.82, 2.24) is 4.98 Å². The quantitative estimate of drug-likeness (QED) is 0.677. The average Bonchev–Trinajstić information content (AvgIpc) is 2.82. The van der Waals surface area contributed by atoms with Crippen LogP contribution in [0.5, 0.6) is 5.75 Å². The molecule has 0 aliphatic rings. The number of fused-ring (bicyclic) bond motifs is 1. The van der Waals surface area contributed by atoms with Gasteiger partial charge in [0.1, 0.15) is 5.75 Å². The SMILES string of the molecule is COc1ccc2c(-c3ccccn3)csc2c1. The minimum Gasteiger partial charge on any atom is -0.497 e. The highest BCUT2D eigenvalue weighted by atomic mass is 32.1. The summed E-state index contributed by atoms with van der Waals surface area (Å²) in [5.41, 5.74) is 2.21. The molecule has 2 heterocycles. The maximum absolute atomic E-state index is 5.23. The Morgan fingerprint density at radius 1 is 1.18 bits per heavy atom. The summed E-state index contributed by atoms with van der Waals surface area (Å²) >= 11 is 1.72. The third-order valence-corrected chi connectivity index (χ3v) is 3.67. The first-order chi connectivity index (χ1) is 8.38. The molecule has 0 atom stereocenters. The molecule has 2 nitrogen and oxygen atoms in total. The molecule has 3 rings (SSSR count). The van der Waals surface area contributed by atoms with Crippen LogP contribution in [0.15, 0.2) is 48.0 Å². The second-order valence-corrected chi connectivity index (χ2v) is 4.64. The number of hydrogen-bond donors (Lipinski definition) is 0. The Bertz CT molecular complexity index is 646. The van der Waals surface area contributed by atoms with Crippen molar-refractivity contribution < 1.29 is 4.74 Å². The third kappa shape index (κ3) is 1.78. The number of aromatic nitrogens is 1. The lowest BCUT2D eigenvalue weighted by Crippen LogP contribution is -1.82. The molecule has 0 aliphatic carbocycles. The molecule has 3 aromatic rings. The molecule has 3 heteroatoms. The zero-order chi connectivity index (χ0) is 11.7. The Hall–Kier alpha value is -1.87. The molecule has 0 unspecified atom stereocenters. The zero-order valence-corrected chi connectivity index (χ0v) is 10.2. The molecule has 0 saturated heterocycles. The van der Waals surface area contributed by atoms with Crippen molar-refractivity contribution in [2.24, 2.45) is 0 Å². The molecule has 0 fully saturated rings. The minimum absolute atomic E-state index is 0.895. The van der Waals surface area contributed by atoms with Gasteiger partial charge in [-0.1, -0.05) is 6.07 Å². The van der Waals surface area contributed by atoms with Gasteiger partial charge in [0.2, 0.25) is 0 Å². The Kier molecular flexibility index (Phi) is 2.53. The lowest BCUT2D eigenvalue weighted by molar-refractivity contribution is 0.415. The first-order valence-electron chi connectivity index (χ1n) is 5.35. The number of ether oxygens (including phenoxy) is 1. The van der Waals surface area contributed by atoms with Crippen molar-refractivity contribution in [2.75, 3.05) is 7.11 Å². The van der Waals surface area contributed by atoms with Crippen LogP contribution >= 0.6 is 11.3 Å². The highest BCUT2D eigenvalue weighted by Gasteiger charge is 2.07. The van der Waals surface area contributed by atoms with E-state index in [0.717, 1.165) is 11.4 Å². The summed E-state index contributed by atoms with van der Waals surface area (Å²) in [5, 5.41) is 3.38. The van der Waals surface area contributed by atoms with Crippen LogP contribution in [-0.4, -0.2) is 12.1 Å². The summed E-state index contributed by atoms with van der Waals surface area (Å²) in [5.74, 6) is 0.895. The normalized spacial score (nSPS) is 10.6. The third-order valence-electron chi connectivity index (χ3n) is 2.72. The predicted molar refractivity (Wildman–Crippen MR) is 71.6 cm³/mol. The minimum atomic E-state index is 0.895. The van der Waals surface area contributed by atoms with Gasteiger partial charge in [0, 0.05) is 27.2 Å². The molecule has 0 spiro atoms. The van der Waals surface area contributed by atoms with Gasteiger partial charge in [-0.2, -0.15) is 0 Å². The van der Waals surface area contributed by atoms with Crippen molar-refractivity contribution in [1.29, 1.82) is 0 Å². The number of methoxy groups -OCH3 is 1. The van der Waals surface area contributed by atoms with Crippen LogP contribution in [0.2, 0.25) is 0 Å². The lowest BCUT2D eigenvalue weighted by atomic mass is 10.1. The lowest BCUT2D eigenvalue weighted by Gasteiger charge is -2.00. The maximum Gasteiger partial charge on any atom is 0.120 e. The van der Waals surface area contributed by atoms with Crippen LogP contribution in [-0.2, 0) is 0 Å². The van der Waals surface area contributed by atoms with Gasteiger partial charge in [-0.3, -0.25) is 4.98 Å². The first kappa shape index (κ1) is 10.3. The van der Waals surface area contributed by atoms with Gasteiger partial charge < -0.3 is 4.74 Å². The zero-order valence-electron chi connectivity index (χ0n) is 9.38. The molecule has 1 aromatic carbocycles. The van der Waals surface area contributed by atoms with E-state index in [0.29, 0.717) is 0 Å². The van der Waals surface area contributed by atoms with Gasteiger partial charge in [-0.25, -0.2) is 0 Å². The fraction of sp³-hybridized carbons (Fsp3) is 0.0714. The van der Waals surface area contributed by atoms with Crippen LogP contribution in [0.25, 0.3) is 21.3 Å². The molecule has 0 bridgehead atoms. The van der Waals surface area contributed by atoms with Crippen molar-refractivity contribution in [3.05, 3.63) is 48.0 Å². The van der Waals surface area contributed by atoms with Gasteiger partial charge in [0.25, 0.3) is 0 Å². The second-order valence-electron chi connectivity index (χ2n) is 3.73. The number of nitrogens with zero attached hydrogens (tertiary/aromatic N) is 1. The van der Waals surface area contributed by atoms with E-state index in [-0.39, 0.29) is 0 Å². The van der Waals surface area contributed by atoms with Gasteiger partial charge in [0.05, 0.1) is 12.8 Å². The van der Waals surface area contributed by atoms with E-state index in [9.17, 15) is 0 Å². The number of hydrogen-bond acceptors (Lipinski definition) is 3. The molecular formula is C14H11NOS. The van der Waals surface area contributed by atoms with E-state index in [4.69, 9.17) is 4.74 Å². The summed E-state index contributed by atoms with van der Waals surface area (Å²) in [4.78, 5) is 4.39. The molecule has 2 aromatic heterocycles. The summed E-state index contributed by atoms with van der Waals surface area (Å²) in [7, 11) is 1.69. The van der Waals surface area contributed by atoms with Crippen LogP contribution < -0.4 is 4.74 Å². The fourth-order valence-corrected chi connectivity index (χ4v) is 2.84. The Balaban J connectivity index is 2.19. The van der Waals surface area contributed by atoms with E-state index in [1.54, 1.807) is 18.4 Å². The van der Waals surface area contributed by atoms with Gasteiger partial charge >= 0.3 is 0 Å². The largest absolute Gasteiger partial charge is 0.497 e. The topological polar surface area (TPSA) is 22.1 Å². The Labute approximate surface area is 104 Å². The van der Waals surface area contributed by atoms with E-state index in [1.807, 2.05) is 30.5 Å². The highest BCUT2D eigenvalue weighted by Crippen LogP contribution is 2.34. The van der Waals surface area contributed by atoms with E-state index in [1.165, 1.54) is 15.6 Å². The van der Waals surface area contributed by atoms with Crippen molar-refractivity contribution >= 4 is 21.4 Å². The summed E-state index contributed by atoms with van der Waals surface area (Å²) < 4.78 is 6.46. The molecule has 84 valence electrons. The average molecular weight is 241 g/mol. The van der Waals surface area contributed by atoms with Crippen LogP contribution in [0.3, 0.4) is 0 Å². The second kappa shape index (κ2) is 4.18. The summed E-state index contributed by atoms with van der Waals surface area (Å²) in [6, 6.07) is 12.1. The number of thiophene rings is 1. The molecule has 0 radical (unpaired) electrons. The van der Waals surface area contributed by atoms with Crippen LogP contribution in [0.4, 0.5) is 0 Å². The molecule has 0 aliphatic heterocycles. The highest BCUT2D eigenvalue weighted by molar-refractivity contribution is 7.17. The molecule has 0 amide bonds. The number of benzene rings is 1. The summed E-state index contributed by atoms with van der Waals surface area (Å²) in [6.07, 6.45) is 1.82. The van der Waals surface area contributed by atoms with Crippen molar-refractivity contribution in [3.63, 3.8) is 0 Å². The molecule has 17 heavy (non-hydrogen) atoms. The van der Waals surface area contributed by atoms with Gasteiger partial charge in [0.15, 0.2) is 0 Å².